The lowest BCUT2D eigenvalue weighted by Gasteiger charge is -2.09. The molecule has 0 spiro atoms. The van der Waals surface area contributed by atoms with Crippen molar-refractivity contribution in [2.45, 2.75) is 13.5 Å². The molecular weight excluding hydrogens is 242 g/mol. The van der Waals surface area contributed by atoms with Crippen molar-refractivity contribution in [2.75, 3.05) is 17.9 Å². The monoisotopic (exact) mass is 259 g/mol. The van der Waals surface area contributed by atoms with Gasteiger partial charge in [0.15, 0.2) is 0 Å². The van der Waals surface area contributed by atoms with Crippen LogP contribution in [0.5, 0.6) is 0 Å². The van der Waals surface area contributed by atoms with E-state index in [4.69, 9.17) is 10.6 Å². The van der Waals surface area contributed by atoms with Crippen LogP contribution < -0.4 is 16.6 Å². The average Bonchev–Trinajstić information content (AvgIpc) is 2.39. The minimum Gasteiger partial charge on any atom is -0.380 e. The first kappa shape index (κ1) is 13.3. The lowest BCUT2D eigenvalue weighted by Crippen LogP contribution is -2.10. The highest BCUT2D eigenvalue weighted by atomic mass is 16.5. The summed E-state index contributed by atoms with van der Waals surface area (Å²) in [4.78, 5) is 8.44. The Balaban J connectivity index is 2.20. The number of hydrogen-bond acceptors (Lipinski definition) is 6. The summed E-state index contributed by atoms with van der Waals surface area (Å²) in [5.41, 5.74) is 4.55. The lowest BCUT2D eigenvalue weighted by atomic mass is 10.2. The quantitative estimate of drug-likeness (QED) is 0.562. The van der Waals surface area contributed by atoms with Crippen molar-refractivity contribution < 1.29 is 4.74 Å². The molecule has 6 nitrogen and oxygen atoms in total. The SMILES string of the molecule is COCc1cccc(Nc2cc(NN)nc(C)n2)c1. The maximum Gasteiger partial charge on any atom is 0.145 e. The fourth-order valence-corrected chi connectivity index (χ4v) is 1.76. The smallest absolute Gasteiger partial charge is 0.145 e. The minimum atomic E-state index is 0.572. The molecule has 0 saturated carbocycles. The van der Waals surface area contributed by atoms with Crippen LogP contribution in [-0.4, -0.2) is 17.1 Å². The zero-order chi connectivity index (χ0) is 13.7. The Kier molecular flexibility index (Phi) is 4.27. The summed E-state index contributed by atoms with van der Waals surface area (Å²) in [5.74, 6) is 7.27. The van der Waals surface area contributed by atoms with Crippen molar-refractivity contribution in [3.05, 3.63) is 41.7 Å². The van der Waals surface area contributed by atoms with Crippen molar-refractivity contribution in [1.82, 2.24) is 9.97 Å². The summed E-state index contributed by atoms with van der Waals surface area (Å²) in [7, 11) is 1.67. The molecule has 0 radical (unpaired) electrons. The van der Waals surface area contributed by atoms with Crippen molar-refractivity contribution in [3.63, 3.8) is 0 Å². The molecule has 19 heavy (non-hydrogen) atoms. The average molecular weight is 259 g/mol. The van der Waals surface area contributed by atoms with Gasteiger partial charge in [-0.05, 0) is 24.6 Å². The van der Waals surface area contributed by atoms with E-state index in [1.807, 2.05) is 31.2 Å². The highest BCUT2D eigenvalue weighted by Crippen LogP contribution is 2.18. The molecule has 0 atom stereocenters. The number of anilines is 3. The molecule has 4 N–H and O–H groups in total. The van der Waals surface area contributed by atoms with E-state index in [0.717, 1.165) is 11.3 Å². The van der Waals surface area contributed by atoms with E-state index in [-0.39, 0.29) is 0 Å². The van der Waals surface area contributed by atoms with Crippen molar-refractivity contribution >= 4 is 17.3 Å². The molecule has 1 aromatic heterocycles. The van der Waals surface area contributed by atoms with E-state index >= 15 is 0 Å². The van der Waals surface area contributed by atoms with Crippen molar-refractivity contribution in [3.8, 4) is 0 Å². The van der Waals surface area contributed by atoms with Crippen LogP contribution in [0, 0.1) is 6.92 Å². The molecular formula is C13H17N5O. The van der Waals surface area contributed by atoms with Gasteiger partial charge in [0.25, 0.3) is 0 Å². The molecule has 0 unspecified atom stereocenters. The van der Waals surface area contributed by atoms with Gasteiger partial charge >= 0.3 is 0 Å². The third-order valence-corrected chi connectivity index (χ3v) is 2.50. The van der Waals surface area contributed by atoms with Crippen LogP contribution in [0.1, 0.15) is 11.4 Å². The Morgan fingerprint density at radius 2 is 2.00 bits per heavy atom. The number of benzene rings is 1. The van der Waals surface area contributed by atoms with Gasteiger partial charge in [0.05, 0.1) is 6.61 Å². The van der Waals surface area contributed by atoms with Gasteiger partial charge < -0.3 is 15.5 Å². The standard InChI is InChI=1S/C13H17N5O/c1-9-15-12(7-13(16-9)18-14)17-11-5-3-4-10(6-11)8-19-2/h3-7H,8,14H2,1-2H3,(H2,15,16,17,18). The maximum atomic E-state index is 5.36. The topological polar surface area (TPSA) is 85.1 Å². The van der Waals surface area contributed by atoms with E-state index in [9.17, 15) is 0 Å². The second-order valence-electron chi connectivity index (χ2n) is 4.09. The first-order valence-corrected chi connectivity index (χ1v) is 5.88. The van der Waals surface area contributed by atoms with E-state index in [1.54, 1.807) is 13.2 Å². The largest absolute Gasteiger partial charge is 0.380 e. The molecule has 100 valence electrons. The van der Waals surface area contributed by atoms with Gasteiger partial charge in [-0.25, -0.2) is 15.8 Å². The van der Waals surface area contributed by atoms with E-state index < -0.39 is 0 Å². The Hall–Kier alpha value is -2.18. The molecule has 0 amide bonds. The van der Waals surface area contributed by atoms with Gasteiger partial charge in [-0.3, -0.25) is 0 Å². The molecule has 6 heteroatoms. The van der Waals surface area contributed by atoms with Crippen molar-refractivity contribution in [1.29, 1.82) is 0 Å². The maximum absolute atomic E-state index is 5.36. The Morgan fingerprint density at radius 1 is 1.21 bits per heavy atom. The Labute approximate surface area is 112 Å². The zero-order valence-electron chi connectivity index (χ0n) is 11.0. The number of nitrogen functional groups attached to an aromatic ring is 1. The van der Waals surface area contributed by atoms with Gasteiger partial charge in [-0.1, -0.05) is 12.1 Å². The second kappa shape index (κ2) is 6.12. The molecule has 0 aliphatic rings. The second-order valence-corrected chi connectivity index (χ2v) is 4.09. The van der Waals surface area contributed by atoms with Crippen LogP contribution in [0.15, 0.2) is 30.3 Å². The van der Waals surface area contributed by atoms with Crippen LogP contribution in [0.25, 0.3) is 0 Å². The van der Waals surface area contributed by atoms with Crippen molar-refractivity contribution in [2.24, 2.45) is 5.84 Å². The molecule has 0 bridgehead atoms. The summed E-state index contributed by atoms with van der Waals surface area (Å²) in [6, 6.07) is 9.69. The normalized spacial score (nSPS) is 10.3. The number of nitrogens with one attached hydrogen (secondary N) is 2. The first-order chi connectivity index (χ1) is 9.21. The highest BCUT2D eigenvalue weighted by Gasteiger charge is 2.02. The first-order valence-electron chi connectivity index (χ1n) is 5.88. The van der Waals surface area contributed by atoms with E-state index in [0.29, 0.717) is 24.1 Å². The zero-order valence-corrected chi connectivity index (χ0v) is 11.0. The van der Waals surface area contributed by atoms with E-state index in [1.165, 1.54) is 0 Å². The molecule has 1 aromatic carbocycles. The molecule has 0 aliphatic carbocycles. The Morgan fingerprint density at radius 3 is 2.74 bits per heavy atom. The van der Waals surface area contributed by atoms with Gasteiger partial charge in [-0.15, -0.1) is 0 Å². The number of nitrogens with two attached hydrogens (primary N) is 1. The fourth-order valence-electron chi connectivity index (χ4n) is 1.76. The molecule has 0 saturated heterocycles. The van der Waals surface area contributed by atoms with Crippen LogP contribution >= 0.6 is 0 Å². The fraction of sp³-hybridized carbons (Fsp3) is 0.231. The number of aromatic nitrogens is 2. The minimum absolute atomic E-state index is 0.572. The third-order valence-electron chi connectivity index (χ3n) is 2.50. The van der Waals surface area contributed by atoms with Crippen LogP contribution in [0.3, 0.4) is 0 Å². The molecule has 2 rings (SSSR count). The summed E-state index contributed by atoms with van der Waals surface area (Å²) >= 11 is 0. The Bertz CT molecular complexity index is 558. The van der Waals surface area contributed by atoms with Gasteiger partial charge in [0.1, 0.15) is 17.5 Å². The van der Waals surface area contributed by atoms with Crippen LogP contribution in [-0.2, 0) is 11.3 Å². The number of ether oxygens (including phenoxy) is 1. The highest BCUT2D eigenvalue weighted by molar-refractivity contribution is 5.59. The summed E-state index contributed by atoms with van der Waals surface area (Å²) < 4.78 is 5.11. The number of hydrazine groups is 1. The predicted molar refractivity (Wildman–Crippen MR) is 75.0 cm³/mol. The summed E-state index contributed by atoms with van der Waals surface area (Å²) in [6.07, 6.45) is 0. The number of methoxy groups -OCH3 is 1. The number of aryl methyl sites for hydroxylation is 1. The summed E-state index contributed by atoms with van der Waals surface area (Å²) in [6.45, 7) is 2.39. The molecule has 1 heterocycles. The number of nitrogens with zero attached hydrogens (tertiary/aromatic N) is 2. The van der Waals surface area contributed by atoms with Crippen LogP contribution in [0.4, 0.5) is 17.3 Å². The molecule has 2 aromatic rings. The number of hydrogen-bond donors (Lipinski definition) is 3. The predicted octanol–water partition coefficient (Wildman–Crippen LogP) is 1.96. The van der Waals surface area contributed by atoms with E-state index in [2.05, 4.69) is 20.7 Å². The molecule has 0 fully saturated rings. The van der Waals surface area contributed by atoms with Gasteiger partial charge in [0.2, 0.25) is 0 Å². The summed E-state index contributed by atoms with van der Waals surface area (Å²) in [5, 5.41) is 3.22. The van der Waals surface area contributed by atoms with Gasteiger partial charge in [0, 0.05) is 18.9 Å². The number of rotatable bonds is 5. The van der Waals surface area contributed by atoms with Crippen LogP contribution in [0.2, 0.25) is 0 Å². The molecule has 0 aliphatic heterocycles. The van der Waals surface area contributed by atoms with Gasteiger partial charge in [-0.2, -0.15) is 0 Å². The third kappa shape index (κ3) is 3.64. The lowest BCUT2D eigenvalue weighted by molar-refractivity contribution is 0.185.